The van der Waals surface area contributed by atoms with Gasteiger partial charge in [-0.25, -0.2) is 28.2 Å². The van der Waals surface area contributed by atoms with Crippen LogP contribution in [0.1, 0.15) is 33.1 Å². The fraction of sp³-hybridized carbons (Fsp3) is 0.400. The standard InChI is InChI=1S/C25H28F2N8O/c1-4-25(26,27)7-8-29-15-5-6-21-33-23(34-35(21)13-15)19-12-31-22(28-3)18-11-30-20(10-17(18)19)32-24(36)16-9-14(16)2/h5-6,10-14,16,29H,4,7-9H2,1-3H3,(H,28,31)(H,30,32,36)/t14-,16+/m1/s1. The molecular formula is C25H28F2N8O. The van der Waals surface area contributed by atoms with Crippen molar-refractivity contribution in [2.24, 2.45) is 11.8 Å². The van der Waals surface area contributed by atoms with Crippen molar-refractivity contribution in [2.45, 2.75) is 39.0 Å². The van der Waals surface area contributed by atoms with E-state index in [1.165, 1.54) is 6.92 Å². The first-order chi connectivity index (χ1) is 17.3. The number of alkyl halides is 2. The van der Waals surface area contributed by atoms with Crippen LogP contribution in [-0.2, 0) is 4.79 Å². The summed E-state index contributed by atoms with van der Waals surface area (Å²) in [6.45, 7) is 3.68. The van der Waals surface area contributed by atoms with Crippen molar-refractivity contribution >= 4 is 39.6 Å². The largest absolute Gasteiger partial charge is 0.384 e. The van der Waals surface area contributed by atoms with E-state index in [0.29, 0.717) is 40.3 Å². The molecule has 9 nitrogen and oxygen atoms in total. The van der Waals surface area contributed by atoms with Gasteiger partial charge in [0.05, 0.1) is 11.9 Å². The lowest BCUT2D eigenvalue weighted by atomic mass is 10.1. The summed E-state index contributed by atoms with van der Waals surface area (Å²) in [6.07, 6.45) is 5.54. The summed E-state index contributed by atoms with van der Waals surface area (Å²) in [5.74, 6) is -0.733. The Labute approximate surface area is 206 Å². The number of carbonyl (C=O) groups excluding carboxylic acids is 1. The summed E-state index contributed by atoms with van der Waals surface area (Å²) < 4.78 is 28.7. The smallest absolute Gasteiger partial charge is 0.249 e. The van der Waals surface area contributed by atoms with Crippen LogP contribution in [0.3, 0.4) is 0 Å². The highest BCUT2D eigenvalue weighted by Crippen LogP contribution is 2.39. The fourth-order valence-corrected chi connectivity index (χ4v) is 4.16. The van der Waals surface area contributed by atoms with Gasteiger partial charge in [-0.05, 0) is 30.5 Å². The number of carbonyl (C=O) groups is 1. The highest BCUT2D eigenvalue weighted by atomic mass is 19.3. The Kier molecular flexibility index (Phi) is 6.15. The van der Waals surface area contributed by atoms with E-state index in [1.807, 2.05) is 6.07 Å². The molecule has 0 spiro atoms. The number of anilines is 3. The van der Waals surface area contributed by atoms with Crippen LogP contribution in [0.4, 0.5) is 26.1 Å². The number of rotatable bonds is 9. The molecule has 0 unspecified atom stereocenters. The zero-order valence-electron chi connectivity index (χ0n) is 20.3. The highest BCUT2D eigenvalue weighted by Gasteiger charge is 2.39. The SMILES string of the molecule is CCC(F)(F)CCNc1ccc2nc(-c3cnc(NC)c4cnc(NC(=O)[C@H]5C[C@H]5C)cc34)nn2c1. The molecule has 1 saturated carbocycles. The maximum Gasteiger partial charge on any atom is 0.249 e. The number of pyridine rings is 3. The fourth-order valence-electron chi connectivity index (χ4n) is 4.16. The summed E-state index contributed by atoms with van der Waals surface area (Å²) in [4.78, 5) is 26.0. The van der Waals surface area contributed by atoms with Crippen LogP contribution in [0.15, 0.2) is 36.8 Å². The van der Waals surface area contributed by atoms with E-state index in [9.17, 15) is 13.6 Å². The number of nitrogens with one attached hydrogen (secondary N) is 3. The van der Waals surface area contributed by atoms with Crippen molar-refractivity contribution in [3.05, 3.63) is 36.8 Å². The van der Waals surface area contributed by atoms with Gasteiger partial charge in [-0.3, -0.25) is 4.79 Å². The Bertz CT molecular complexity index is 1440. The van der Waals surface area contributed by atoms with E-state index in [1.54, 1.807) is 42.3 Å². The lowest BCUT2D eigenvalue weighted by Gasteiger charge is -2.14. The second-order valence-electron chi connectivity index (χ2n) is 9.24. The molecule has 2 atom stereocenters. The van der Waals surface area contributed by atoms with Gasteiger partial charge in [0.1, 0.15) is 11.6 Å². The lowest BCUT2D eigenvalue weighted by Crippen LogP contribution is -2.19. The predicted octanol–water partition coefficient (Wildman–Crippen LogP) is 4.82. The van der Waals surface area contributed by atoms with Crippen molar-refractivity contribution in [2.75, 3.05) is 29.5 Å². The second-order valence-corrected chi connectivity index (χ2v) is 9.24. The molecule has 1 amide bonds. The van der Waals surface area contributed by atoms with Crippen molar-refractivity contribution in [1.29, 1.82) is 0 Å². The zero-order valence-corrected chi connectivity index (χ0v) is 20.3. The zero-order chi connectivity index (χ0) is 25.4. The molecule has 0 saturated heterocycles. The first-order valence-electron chi connectivity index (χ1n) is 12.0. The average Bonchev–Trinajstić information content (AvgIpc) is 3.46. The van der Waals surface area contributed by atoms with Crippen molar-refractivity contribution in [1.82, 2.24) is 24.6 Å². The second kappa shape index (κ2) is 9.29. The number of amides is 1. The van der Waals surface area contributed by atoms with Crippen LogP contribution < -0.4 is 16.0 Å². The number of hydrogen-bond donors (Lipinski definition) is 3. The molecule has 0 radical (unpaired) electrons. The minimum atomic E-state index is -2.69. The van der Waals surface area contributed by atoms with Crippen molar-refractivity contribution in [3.8, 4) is 11.4 Å². The molecule has 3 N–H and O–H groups in total. The number of aromatic nitrogens is 5. The Hall–Kier alpha value is -3.89. The summed E-state index contributed by atoms with van der Waals surface area (Å²) in [5, 5.41) is 15.2. The summed E-state index contributed by atoms with van der Waals surface area (Å²) in [5.41, 5.74) is 1.95. The quantitative estimate of drug-likeness (QED) is 0.306. The predicted molar refractivity (Wildman–Crippen MR) is 135 cm³/mol. The van der Waals surface area contributed by atoms with E-state index in [-0.39, 0.29) is 31.2 Å². The van der Waals surface area contributed by atoms with Crippen molar-refractivity contribution < 1.29 is 13.6 Å². The molecule has 4 aromatic rings. The molecule has 4 aromatic heterocycles. The van der Waals surface area contributed by atoms with Gasteiger partial charge < -0.3 is 16.0 Å². The van der Waals surface area contributed by atoms with Gasteiger partial charge in [0.2, 0.25) is 11.8 Å². The van der Waals surface area contributed by atoms with Crippen LogP contribution in [0.5, 0.6) is 0 Å². The molecule has 5 rings (SSSR count). The Morgan fingerprint density at radius 3 is 2.75 bits per heavy atom. The highest BCUT2D eigenvalue weighted by molar-refractivity contribution is 6.03. The first-order valence-corrected chi connectivity index (χ1v) is 12.0. The van der Waals surface area contributed by atoms with Gasteiger partial charge >= 0.3 is 0 Å². The Morgan fingerprint density at radius 1 is 1.22 bits per heavy atom. The average molecular weight is 495 g/mol. The molecule has 1 aliphatic carbocycles. The van der Waals surface area contributed by atoms with E-state index >= 15 is 0 Å². The van der Waals surface area contributed by atoms with E-state index < -0.39 is 5.92 Å². The van der Waals surface area contributed by atoms with E-state index in [2.05, 4.69) is 42.9 Å². The van der Waals surface area contributed by atoms with Gasteiger partial charge in [0.25, 0.3) is 0 Å². The lowest BCUT2D eigenvalue weighted by molar-refractivity contribution is -0.117. The topological polar surface area (TPSA) is 109 Å². The van der Waals surface area contributed by atoms with E-state index in [4.69, 9.17) is 0 Å². The maximum atomic E-state index is 13.5. The summed E-state index contributed by atoms with van der Waals surface area (Å²) in [6, 6.07) is 5.37. The number of halogens is 2. The van der Waals surface area contributed by atoms with Crippen LogP contribution in [0.2, 0.25) is 0 Å². The summed E-state index contributed by atoms with van der Waals surface area (Å²) in [7, 11) is 1.78. The van der Waals surface area contributed by atoms with Crippen molar-refractivity contribution in [3.63, 3.8) is 0 Å². The molecule has 0 aromatic carbocycles. The number of nitrogens with zero attached hydrogens (tertiary/aromatic N) is 5. The third-order valence-corrected chi connectivity index (χ3v) is 6.62. The Morgan fingerprint density at radius 2 is 2.03 bits per heavy atom. The van der Waals surface area contributed by atoms with Crippen LogP contribution in [0.25, 0.3) is 27.8 Å². The molecule has 1 fully saturated rings. The minimum absolute atomic E-state index is 0.0265. The molecule has 0 bridgehead atoms. The van der Waals surface area contributed by atoms with Gasteiger partial charge in [-0.1, -0.05) is 13.8 Å². The molecular weight excluding hydrogens is 466 g/mol. The number of fused-ring (bicyclic) bond motifs is 2. The molecule has 0 aliphatic heterocycles. The van der Waals surface area contributed by atoms with Crippen LogP contribution in [0, 0.1) is 11.8 Å². The maximum absolute atomic E-state index is 13.5. The molecule has 36 heavy (non-hydrogen) atoms. The van der Waals surface area contributed by atoms with Crippen LogP contribution in [-0.4, -0.2) is 50.0 Å². The summed E-state index contributed by atoms with van der Waals surface area (Å²) >= 11 is 0. The normalized spacial score (nSPS) is 17.4. The molecule has 1 aliphatic rings. The monoisotopic (exact) mass is 494 g/mol. The molecule has 11 heteroatoms. The first kappa shape index (κ1) is 23.8. The van der Waals surface area contributed by atoms with Gasteiger partial charge in [-0.15, -0.1) is 5.10 Å². The molecule has 4 heterocycles. The minimum Gasteiger partial charge on any atom is -0.384 e. The van der Waals surface area contributed by atoms with Gasteiger partial charge in [0, 0.05) is 61.1 Å². The number of hydrogen-bond acceptors (Lipinski definition) is 7. The third-order valence-electron chi connectivity index (χ3n) is 6.62. The third kappa shape index (κ3) is 4.77. The Balaban J connectivity index is 1.45. The van der Waals surface area contributed by atoms with Gasteiger partial charge in [0.15, 0.2) is 11.5 Å². The van der Waals surface area contributed by atoms with E-state index in [0.717, 1.165) is 17.2 Å². The van der Waals surface area contributed by atoms with Crippen LogP contribution >= 0.6 is 0 Å². The molecule has 188 valence electrons. The van der Waals surface area contributed by atoms with Gasteiger partial charge in [-0.2, -0.15) is 0 Å².